The van der Waals surface area contributed by atoms with E-state index in [2.05, 4.69) is 17.4 Å². The Labute approximate surface area is 186 Å². The number of aliphatic hydroxyl groups is 1. The molecular weight excluding hydrogens is 406 g/mol. The number of ether oxygens (including phenoxy) is 2. The van der Waals surface area contributed by atoms with Gasteiger partial charge in [0.15, 0.2) is 0 Å². The molecule has 2 N–H and O–H groups in total. The number of aliphatic hydroxyl groups excluding tert-OH is 1. The number of amides is 1. The lowest BCUT2D eigenvalue weighted by Crippen LogP contribution is -2.40. The lowest BCUT2D eigenvalue weighted by molar-refractivity contribution is -0.145. The quantitative estimate of drug-likeness (QED) is 0.526. The Bertz CT molecular complexity index is 1040. The fraction of sp³-hybridized carbons (Fsp3) is 0.231. The van der Waals surface area contributed by atoms with E-state index in [1.807, 2.05) is 66.7 Å². The van der Waals surface area contributed by atoms with Gasteiger partial charge in [0.1, 0.15) is 13.2 Å². The van der Waals surface area contributed by atoms with Crippen LogP contribution in [0.25, 0.3) is 11.1 Å². The summed E-state index contributed by atoms with van der Waals surface area (Å²) in [6.45, 7) is -0.0934. The maximum absolute atomic E-state index is 12.4. The molecule has 0 saturated carbocycles. The Morgan fingerprint density at radius 1 is 0.844 bits per heavy atom. The third-order valence-electron chi connectivity index (χ3n) is 5.54. The molecule has 0 saturated heterocycles. The number of carbonyl (C=O) groups is 2. The fourth-order valence-corrected chi connectivity index (χ4v) is 3.97. The number of hydrogen-bond acceptors (Lipinski definition) is 5. The van der Waals surface area contributed by atoms with E-state index in [1.165, 1.54) is 0 Å². The molecule has 6 heteroatoms. The highest BCUT2D eigenvalue weighted by molar-refractivity contribution is 5.79. The zero-order chi connectivity index (χ0) is 22.3. The monoisotopic (exact) mass is 431 g/mol. The first-order valence-corrected chi connectivity index (χ1v) is 10.6. The number of carbonyl (C=O) groups excluding carboxylic acids is 2. The van der Waals surface area contributed by atoms with Crippen LogP contribution in [0.1, 0.15) is 29.0 Å². The van der Waals surface area contributed by atoms with Gasteiger partial charge in [-0.05, 0) is 27.8 Å². The molecule has 1 atom stereocenters. The van der Waals surface area contributed by atoms with Gasteiger partial charge in [0.2, 0.25) is 0 Å². The molecule has 4 rings (SSSR count). The second kappa shape index (κ2) is 10.1. The Kier molecular flexibility index (Phi) is 6.82. The molecular formula is C26H25NO5. The molecule has 3 aromatic rings. The van der Waals surface area contributed by atoms with E-state index < -0.39 is 24.7 Å². The number of alkyl carbamates (subject to hydrolysis) is 1. The standard InChI is InChI=1S/C26H25NO5/c28-15-19(14-25(29)31-16-18-8-2-1-3-9-18)27-26(30)32-17-24-22-12-6-4-10-20(22)21-11-5-7-13-23(21)24/h1-13,19,24,28H,14-17H2,(H,27,30)/t19-/m1/s1. The smallest absolute Gasteiger partial charge is 0.407 e. The molecule has 0 radical (unpaired) electrons. The van der Waals surface area contributed by atoms with E-state index in [0.717, 1.165) is 27.8 Å². The van der Waals surface area contributed by atoms with Gasteiger partial charge >= 0.3 is 12.1 Å². The van der Waals surface area contributed by atoms with E-state index in [9.17, 15) is 14.7 Å². The zero-order valence-corrected chi connectivity index (χ0v) is 17.6. The molecule has 164 valence electrons. The molecule has 0 unspecified atom stereocenters. The van der Waals surface area contributed by atoms with E-state index >= 15 is 0 Å². The molecule has 0 fully saturated rings. The highest BCUT2D eigenvalue weighted by Crippen LogP contribution is 2.44. The first-order valence-electron chi connectivity index (χ1n) is 10.6. The van der Waals surface area contributed by atoms with Crippen molar-refractivity contribution >= 4 is 12.1 Å². The van der Waals surface area contributed by atoms with Crippen LogP contribution in [0.3, 0.4) is 0 Å². The molecule has 1 aliphatic carbocycles. The largest absolute Gasteiger partial charge is 0.461 e. The number of nitrogens with one attached hydrogen (secondary N) is 1. The van der Waals surface area contributed by atoms with E-state index in [1.54, 1.807) is 0 Å². The van der Waals surface area contributed by atoms with Gasteiger partial charge in [-0.2, -0.15) is 0 Å². The van der Waals surface area contributed by atoms with Crippen LogP contribution < -0.4 is 5.32 Å². The van der Waals surface area contributed by atoms with Crippen molar-refractivity contribution < 1.29 is 24.2 Å². The summed E-state index contributed by atoms with van der Waals surface area (Å²) in [5.41, 5.74) is 5.39. The van der Waals surface area contributed by atoms with Crippen molar-refractivity contribution in [3.05, 3.63) is 95.6 Å². The second-order valence-corrected chi connectivity index (χ2v) is 7.70. The maximum atomic E-state index is 12.4. The Hall–Kier alpha value is -3.64. The molecule has 0 aromatic heterocycles. The van der Waals surface area contributed by atoms with Gasteiger partial charge in [-0.15, -0.1) is 0 Å². The molecule has 3 aromatic carbocycles. The summed E-state index contributed by atoms with van der Waals surface area (Å²) >= 11 is 0. The Morgan fingerprint density at radius 2 is 1.44 bits per heavy atom. The van der Waals surface area contributed by atoms with E-state index in [0.29, 0.717) is 0 Å². The maximum Gasteiger partial charge on any atom is 0.407 e. The second-order valence-electron chi connectivity index (χ2n) is 7.70. The molecule has 0 aliphatic heterocycles. The number of fused-ring (bicyclic) bond motifs is 3. The summed E-state index contributed by atoms with van der Waals surface area (Å²) in [5.74, 6) is -0.566. The Morgan fingerprint density at radius 3 is 2.06 bits per heavy atom. The summed E-state index contributed by atoms with van der Waals surface area (Å²) in [5, 5.41) is 12.1. The lowest BCUT2D eigenvalue weighted by Gasteiger charge is -2.18. The van der Waals surface area contributed by atoms with Crippen LogP contribution in [0.4, 0.5) is 4.79 Å². The number of benzene rings is 3. The average Bonchev–Trinajstić information content (AvgIpc) is 3.15. The number of esters is 1. The minimum absolute atomic E-state index is 0.0587. The number of hydrogen-bond donors (Lipinski definition) is 2. The summed E-state index contributed by atoms with van der Waals surface area (Å²) in [6, 6.07) is 24.7. The van der Waals surface area contributed by atoms with Crippen LogP contribution in [-0.4, -0.2) is 36.4 Å². The molecule has 0 spiro atoms. The predicted molar refractivity (Wildman–Crippen MR) is 120 cm³/mol. The van der Waals surface area contributed by atoms with Gasteiger partial charge in [-0.25, -0.2) is 4.79 Å². The third kappa shape index (κ3) is 4.98. The Balaban J connectivity index is 1.30. The average molecular weight is 431 g/mol. The van der Waals surface area contributed by atoms with Crippen LogP contribution in [0, 0.1) is 0 Å². The van der Waals surface area contributed by atoms with E-state index in [-0.39, 0.29) is 25.6 Å². The van der Waals surface area contributed by atoms with Crippen LogP contribution in [0.5, 0.6) is 0 Å². The number of rotatable bonds is 8. The van der Waals surface area contributed by atoms with Gasteiger partial charge in [0.25, 0.3) is 0 Å². The molecule has 0 heterocycles. The van der Waals surface area contributed by atoms with Crippen molar-refractivity contribution in [3.63, 3.8) is 0 Å². The zero-order valence-electron chi connectivity index (χ0n) is 17.6. The molecule has 6 nitrogen and oxygen atoms in total. The minimum Gasteiger partial charge on any atom is -0.461 e. The summed E-state index contributed by atoms with van der Waals surface area (Å²) in [4.78, 5) is 24.4. The molecule has 0 bridgehead atoms. The van der Waals surface area contributed by atoms with Gasteiger partial charge in [0.05, 0.1) is 19.1 Å². The highest BCUT2D eigenvalue weighted by Gasteiger charge is 2.29. The van der Waals surface area contributed by atoms with Crippen LogP contribution in [0.2, 0.25) is 0 Å². The van der Waals surface area contributed by atoms with Crippen molar-refractivity contribution in [2.45, 2.75) is 25.0 Å². The van der Waals surface area contributed by atoms with Gasteiger partial charge in [0, 0.05) is 5.92 Å². The molecule has 1 aliphatic rings. The van der Waals surface area contributed by atoms with Crippen LogP contribution >= 0.6 is 0 Å². The first kappa shape index (κ1) is 21.6. The predicted octanol–water partition coefficient (Wildman–Crippen LogP) is 4.02. The summed E-state index contributed by atoms with van der Waals surface area (Å²) < 4.78 is 10.7. The first-order chi connectivity index (χ1) is 15.7. The van der Waals surface area contributed by atoms with Gasteiger partial charge < -0.3 is 19.9 Å². The van der Waals surface area contributed by atoms with Gasteiger partial charge in [-0.1, -0.05) is 78.9 Å². The molecule has 1 amide bonds. The highest BCUT2D eigenvalue weighted by atomic mass is 16.5. The SMILES string of the molecule is O=C(C[C@H](CO)NC(=O)OCC1c2ccccc2-c2ccccc21)OCc1ccccc1. The fourth-order valence-electron chi connectivity index (χ4n) is 3.97. The topological polar surface area (TPSA) is 84.9 Å². The molecule has 32 heavy (non-hydrogen) atoms. The summed E-state index contributed by atoms with van der Waals surface area (Å²) in [7, 11) is 0. The van der Waals surface area contributed by atoms with Crippen molar-refractivity contribution in [2.75, 3.05) is 13.2 Å². The van der Waals surface area contributed by atoms with Crippen molar-refractivity contribution in [1.29, 1.82) is 0 Å². The van der Waals surface area contributed by atoms with E-state index in [4.69, 9.17) is 9.47 Å². The van der Waals surface area contributed by atoms with Crippen molar-refractivity contribution in [3.8, 4) is 11.1 Å². The van der Waals surface area contributed by atoms with Crippen molar-refractivity contribution in [2.24, 2.45) is 0 Å². The van der Waals surface area contributed by atoms with Crippen LogP contribution in [0.15, 0.2) is 78.9 Å². The third-order valence-corrected chi connectivity index (χ3v) is 5.54. The van der Waals surface area contributed by atoms with Crippen LogP contribution in [-0.2, 0) is 20.9 Å². The summed E-state index contributed by atoms with van der Waals surface area (Å²) in [6.07, 6.45) is -0.824. The minimum atomic E-state index is -0.783. The van der Waals surface area contributed by atoms with Gasteiger partial charge in [-0.3, -0.25) is 4.79 Å². The lowest BCUT2D eigenvalue weighted by atomic mass is 9.98. The normalized spacial score (nSPS) is 13.0. The van der Waals surface area contributed by atoms with Crippen molar-refractivity contribution in [1.82, 2.24) is 5.32 Å².